The first kappa shape index (κ1) is 24.8. The summed E-state index contributed by atoms with van der Waals surface area (Å²) in [5.74, 6) is 0.763. The minimum absolute atomic E-state index is 0.0399. The zero-order valence-corrected chi connectivity index (χ0v) is 22.7. The van der Waals surface area contributed by atoms with Gasteiger partial charge in [-0.3, -0.25) is 14.7 Å². The Hall–Kier alpha value is -3.47. The maximum atomic E-state index is 6.38. The third-order valence-corrected chi connectivity index (χ3v) is 7.79. The summed E-state index contributed by atoms with van der Waals surface area (Å²) in [5.41, 5.74) is 7.32. The Labute approximate surface area is 223 Å². The maximum absolute atomic E-state index is 6.38. The summed E-state index contributed by atoms with van der Waals surface area (Å²) in [6.45, 7) is 12.0. The summed E-state index contributed by atoms with van der Waals surface area (Å²) in [6.07, 6.45) is 6.14. The molecule has 38 heavy (non-hydrogen) atoms. The molecule has 2 N–H and O–H groups in total. The minimum atomic E-state index is -0.0399. The number of fused-ring (bicyclic) bond motifs is 4. The summed E-state index contributed by atoms with van der Waals surface area (Å²) < 4.78 is 10.4. The Morgan fingerprint density at radius 2 is 1.92 bits per heavy atom. The molecule has 4 aromatic rings. The molecule has 2 aliphatic heterocycles. The first-order valence-electron chi connectivity index (χ1n) is 13.5. The lowest BCUT2D eigenvalue weighted by molar-refractivity contribution is 0.148. The van der Waals surface area contributed by atoms with Gasteiger partial charge in [0.15, 0.2) is 0 Å². The molecule has 0 aliphatic carbocycles. The summed E-state index contributed by atoms with van der Waals surface area (Å²) in [5, 5.41) is 21.9. The summed E-state index contributed by atoms with van der Waals surface area (Å²) >= 11 is 0. The Bertz CT molecular complexity index is 1450. The van der Waals surface area contributed by atoms with E-state index in [2.05, 4.69) is 80.3 Å². The Balaban J connectivity index is 1.34. The van der Waals surface area contributed by atoms with Gasteiger partial charge in [0.05, 0.1) is 35.2 Å². The van der Waals surface area contributed by atoms with Crippen LogP contribution in [0.5, 0.6) is 5.88 Å². The van der Waals surface area contributed by atoms with Gasteiger partial charge >= 0.3 is 0 Å². The number of nitrogens with zero attached hydrogens (tertiary/aromatic N) is 7. The molecule has 5 heterocycles. The highest BCUT2D eigenvalue weighted by molar-refractivity contribution is 5.93. The Morgan fingerprint density at radius 1 is 1.08 bits per heavy atom. The van der Waals surface area contributed by atoms with E-state index in [4.69, 9.17) is 9.84 Å². The van der Waals surface area contributed by atoms with Crippen molar-refractivity contribution in [2.24, 2.45) is 7.05 Å². The molecule has 0 spiro atoms. The lowest BCUT2D eigenvalue weighted by Crippen LogP contribution is -2.45. The molecule has 10 heteroatoms. The first-order chi connectivity index (χ1) is 18.5. The van der Waals surface area contributed by atoms with Crippen molar-refractivity contribution in [3.05, 3.63) is 47.0 Å². The predicted octanol–water partition coefficient (Wildman–Crippen LogP) is 2.76. The van der Waals surface area contributed by atoms with Crippen LogP contribution >= 0.6 is 0 Å². The zero-order valence-electron chi connectivity index (χ0n) is 22.7. The van der Waals surface area contributed by atoms with Crippen LogP contribution in [0.1, 0.15) is 29.6 Å². The highest BCUT2D eigenvalue weighted by Gasteiger charge is 2.19. The third-order valence-electron chi connectivity index (χ3n) is 7.79. The molecule has 0 unspecified atom stereocenters. The Morgan fingerprint density at radius 3 is 2.76 bits per heavy atom. The topological polar surface area (TPSA) is 92.1 Å². The molecular formula is C28H37N9O. The normalized spacial score (nSPS) is 20.1. The van der Waals surface area contributed by atoms with E-state index in [1.165, 1.54) is 5.69 Å². The summed E-state index contributed by atoms with van der Waals surface area (Å²) in [7, 11) is 4.11. The number of likely N-dealkylation sites (N-methyl/N-ethyl adjacent to an activating group) is 1. The molecule has 2 aliphatic rings. The molecule has 1 fully saturated rings. The fraction of sp³-hybridized carbons (Fsp3) is 0.464. The van der Waals surface area contributed by atoms with Gasteiger partial charge in [0, 0.05) is 69.5 Å². The number of benzene rings is 1. The lowest BCUT2D eigenvalue weighted by Gasteiger charge is -2.32. The van der Waals surface area contributed by atoms with Crippen LogP contribution < -0.4 is 10.1 Å². The van der Waals surface area contributed by atoms with Gasteiger partial charge in [-0.2, -0.15) is 15.3 Å². The van der Waals surface area contributed by atoms with E-state index < -0.39 is 0 Å². The van der Waals surface area contributed by atoms with Crippen LogP contribution in [0.25, 0.3) is 34.2 Å². The van der Waals surface area contributed by atoms with Gasteiger partial charge in [-0.15, -0.1) is 0 Å². The SMILES string of the molecule is Cc1c2c(nn1CCN1CCN(C)CC1)CNC[C@H](C)Oc1c(cnn1C)-c1ccc3n[nH]c(c3c1)/C=C/2. The molecule has 2 bridgehead atoms. The number of aryl methyl sites for hydroxylation is 1. The van der Waals surface area contributed by atoms with E-state index >= 15 is 0 Å². The van der Waals surface area contributed by atoms with Gasteiger partial charge in [-0.05, 0) is 50.7 Å². The number of hydrogen-bond acceptors (Lipinski definition) is 7. The van der Waals surface area contributed by atoms with Crippen molar-refractivity contribution in [3.63, 3.8) is 0 Å². The second kappa shape index (κ2) is 10.4. The van der Waals surface area contributed by atoms with E-state index in [9.17, 15) is 0 Å². The quantitative estimate of drug-likeness (QED) is 0.434. The summed E-state index contributed by atoms with van der Waals surface area (Å²) in [4.78, 5) is 4.93. The van der Waals surface area contributed by atoms with Crippen molar-refractivity contribution < 1.29 is 4.74 Å². The van der Waals surface area contributed by atoms with Crippen LogP contribution in [0.4, 0.5) is 0 Å². The summed E-state index contributed by atoms with van der Waals surface area (Å²) in [6, 6.07) is 6.29. The second-order valence-electron chi connectivity index (χ2n) is 10.6. The minimum Gasteiger partial charge on any atom is -0.473 e. The average molecular weight is 516 g/mol. The Kier molecular flexibility index (Phi) is 6.77. The van der Waals surface area contributed by atoms with Gasteiger partial charge in [-0.25, -0.2) is 4.68 Å². The maximum Gasteiger partial charge on any atom is 0.219 e. The van der Waals surface area contributed by atoms with Crippen LogP contribution in [0.3, 0.4) is 0 Å². The molecule has 0 saturated carbocycles. The number of H-pyrrole nitrogens is 1. The molecule has 10 nitrogen and oxygen atoms in total. The highest BCUT2D eigenvalue weighted by atomic mass is 16.5. The lowest BCUT2D eigenvalue weighted by atomic mass is 10.0. The van der Waals surface area contributed by atoms with Gasteiger partial charge in [0.25, 0.3) is 0 Å². The smallest absolute Gasteiger partial charge is 0.219 e. The second-order valence-corrected chi connectivity index (χ2v) is 10.6. The molecule has 6 rings (SSSR count). The fourth-order valence-electron chi connectivity index (χ4n) is 5.38. The molecular weight excluding hydrogens is 478 g/mol. The van der Waals surface area contributed by atoms with E-state index in [1.54, 1.807) is 4.68 Å². The molecule has 0 amide bonds. The van der Waals surface area contributed by atoms with E-state index in [0.29, 0.717) is 13.1 Å². The van der Waals surface area contributed by atoms with Gasteiger partial charge < -0.3 is 15.0 Å². The monoisotopic (exact) mass is 515 g/mol. The standard InChI is InChI=1S/C28H37N9O/c1-19-16-29-18-27-22(20(2)37(33-27)14-13-36-11-9-34(3)10-12-36)6-8-26-23-15-21(5-7-25(23)31-32-26)24-17-30-35(4)28(24)38-19/h5-8,15,17,19,29H,9-14,16,18H2,1-4H3,(H,31,32)/b8-6+/t19-/m0/s1. The van der Waals surface area contributed by atoms with Crippen LogP contribution in [0, 0.1) is 6.92 Å². The number of ether oxygens (including phenoxy) is 1. The fourth-order valence-corrected chi connectivity index (χ4v) is 5.38. The molecule has 3 aromatic heterocycles. The number of rotatable bonds is 3. The molecule has 0 radical (unpaired) electrons. The molecule has 200 valence electrons. The number of nitrogens with one attached hydrogen (secondary N) is 2. The van der Waals surface area contributed by atoms with Crippen molar-refractivity contribution in [1.29, 1.82) is 0 Å². The van der Waals surface area contributed by atoms with E-state index in [-0.39, 0.29) is 6.10 Å². The average Bonchev–Trinajstić information content (AvgIpc) is 3.57. The van der Waals surface area contributed by atoms with Crippen molar-refractivity contribution in [2.45, 2.75) is 33.0 Å². The number of piperazine rings is 1. The van der Waals surface area contributed by atoms with E-state index in [1.807, 2.05) is 19.3 Å². The van der Waals surface area contributed by atoms with Crippen molar-refractivity contribution in [3.8, 4) is 17.0 Å². The van der Waals surface area contributed by atoms with Crippen molar-refractivity contribution in [1.82, 2.24) is 44.9 Å². The van der Waals surface area contributed by atoms with Crippen molar-refractivity contribution in [2.75, 3.05) is 46.3 Å². The van der Waals surface area contributed by atoms with Crippen LogP contribution in [0.2, 0.25) is 0 Å². The largest absolute Gasteiger partial charge is 0.473 e. The number of hydrogen-bond donors (Lipinski definition) is 2. The van der Waals surface area contributed by atoms with Crippen LogP contribution in [-0.2, 0) is 20.1 Å². The molecule has 1 aromatic carbocycles. The van der Waals surface area contributed by atoms with Crippen molar-refractivity contribution >= 4 is 23.1 Å². The number of aromatic amines is 1. The third kappa shape index (κ3) is 4.87. The van der Waals surface area contributed by atoms with Gasteiger partial charge in [0.1, 0.15) is 6.10 Å². The highest BCUT2D eigenvalue weighted by Crippen LogP contribution is 2.33. The van der Waals surface area contributed by atoms with E-state index in [0.717, 1.165) is 84.1 Å². The molecule has 1 saturated heterocycles. The van der Waals surface area contributed by atoms with Gasteiger partial charge in [0.2, 0.25) is 5.88 Å². The van der Waals surface area contributed by atoms with Crippen LogP contribution in [0.15, 0.2) is 24.4 Å². The zero-order chi connectivity index (χ0) is 26.2. The number of aromatic nitrogens is 6. The van der Waals surface area contributed by atoms with Gasteiger partial charge in [-0.1, -0.05) is 6.07 Å². The molecule has 1 atom stereocenters. The van der Waals surface area contributed by atoms with Crippen LogP contribution in [-0.4, -0.2) is 92.0 Å². The predicted molar refractivity (Wildman–Crippen MR) is 150 cm³/mol. The first-order valence-corrected chi connectivity index (χ1v) is 13.5.